The number of ether oxygens (including phenoxy) is 2. The van der Waals surface area contributed by atoms with Gasteiger partial charge in [-0.2, -0.15) is 5.26 Å². The number of pyridine rings is 1. The molecule has 0 amide bonds. The Balaban J connectivity index is 1.83. The van der Waals surface area contributed by atoms with Crippen molar-refractivity contribution in [1.29, 1.82) is 5.26 Å². The Bertz CT molecular complexity index is 1080. The number of hydrogen-bond donors (Lipinski definition) is 1. The summed E-state index contributed by atoms with van der Waals surface area (Å²) in [7, 11) is 3.22. The predicted molar refractivity (Wildman–Crippen MR) is 114 cm³/mol. The standard InChI is InChI=1S/C23H24N4O2/c1-15-19(13-24)17-11-21(28-2)22(29-3)12-18(17)23(26-15)27-10-9-25-20(14-27)16-7-5-4-6-8-16/h4-8,11-12,20,25H,9-10,14H2,1-3H3. The number of aromatic nitrogens is 1. The third-order valence-corrected chi connectivity index (χ3v) is 5.46. The van der Waals surface area contributed by atoms with Crippen LogP contribution >= 0.6 is 0 Å². The molecule has 4 rings (SSSR count). The largest absolute Gasteiger partial charge is 0.493 e. The normalized spacial score (nSPS) is 16.5. The van der Waals surface area contributed by atoms with Gasteiger partial charge in [0.2, 0.25) is 0 Å². The van der Waals surface area contributed by atoms with Crippen LogP contribution in [0.4, 0.5) is 5.82 Å². The molecule has 0 radical (unpaired) electrons. The number of nitriles is 1. The number of nitrogens with zero attached hydrogens (tertiary/aromatic N) is 3. The first-order valence-electron chi connectivity index (χ1n) is 9.66. The molecule has 1 fully saturated rings. The number of piperazine rings is 1. The highest BCUT2D eigenvalue weighted by Crippen LogP contribution is 2.38. The molecule has 1 aromatic heterocycles. The minimum atomic E-state index is 0.220. The highest BCUT2D eigenvalue weighted by molar-refractivity contribution is 5.98. The molecule has 1 aliphatic rings. The second-order valence-corrected chi connectivity index (χ2v) is 7.12. The first kappa shape index (κ1) is 19.0. The van der Waals surface area contributed by atoms with Crippen LogP contribution in [0.3, 0.4) is 0 Å². The maximum atomic E-state index is 9.71. The molecule has 29 heavy (non-hydrogen) atoms. The van der Waals surface area contributed by atoms with Crippen LogP contribution in [0.2, 0.25) is 0 Å². The number of fused-ring (bicyclic) bond motifs is 1. The van der Waals surface area contributed by atoms with Gasteiger partial charge in [-0.3, -0.25) is 0 Å². The third-order valence-electron chi connectivity index (χ3n) is 5.46. The molecule has 0 bridgehead atoms. The van der Waals surface area contributed by atoms with E-state index in [4.69, 9.17) is 14.5 Å². The summed E-state index contributed by atoms with van der Waals surface area (Å²) >= 11 is 0. The van der Waals surface area contributed by atoms with Gasteiger partial charge in [-0.15, -0.1) is 0 Å². The van der Waals surface area contributed by atoms with Crippen LogP contribution < -0.4 is 19.7 Å². The van der Waals surface area contributed by atoms with E-state index in [9.17, 15) is 5.26 Å². The number of methoxy groups -OCH3 is 2. The second kappa shape index (κ2) is 7.98. The van der Waals surface area contributed by atoms with E-state index in [-0.39, 0.29) is 6.04 Å². The van der Waals surface area contributed by atoms with E-state index < -0.39 is 0 Å². The number of hydrogen-bond acceptors (Lipinski definition) is 6. The molecule has 1 unspecified atom stereocenters. The third kappa shape index (κ3) is 3.45. The first-order valence-corrected chi connectivity index (χ1v) is 9.66. The van der Waals surface area contributed by atoms with E-state index in [2.05, 4.69) is 40.6 Å². The Hall–Kier alpha value is -3.30. The molecule has 2 heterocycles. The summed E-state index contributed by atoms with van der Waals surface area (Å²) in [5.41, 5.74) is 2.54. The Morgan fingerprint density at radius 1 is 1.10 bits per heavy atom. The van der Waals surface area contributed by atoms with Crippen molar-refractivity contribution in [3.8, 4) is 17.6 Å². The summed E-state index contributed by atoms with van der Waals surface area (Å²) in [5, 5.41) is 15.0. The Kier molecular flexibility index (Phi) is 5.24. The van der Waals surface area contributed by atoms with E-state index in [1.807, 2.05) is 25.1 Å². The van der Waals surface area contributed by atoms with E-state index in [0.717, 1.165) is 41.9 Å². The Morgan fingerprint density at radius 2 is 1.79 bits per heavy atom. The summed E-state index contributed by atoms with van der Waals surface area (Å²) in [6.07, 6.45) is 0. The van der Waals surface area contributed by atoms with Crippen LogP contribution in [0, 0.1) is 18.3 Å². The zero-order valence-corrected chi connectivity index (χ0v) is 16.9. The van der Waals surface area contributed by atoms with Gasteiger partial charge in [-0.05, 0) is 24.6 Å². The van der Waals surface area contributed by atoms with Gasteiger partial charge in [-0.25, -0.2) is 4.98 Å². The highest BCUT2D eigenvalue weighted by Gasteiger charge is 2.25. The van der Waals surface area contributed by atoms with Gasteiger partial charge < -0.3 is 19.7 Å². The molecule has 2 aromatic carbocycles. The number of rotatable bonds is 4. The van der Waals surface area contributed by atoms with Crippen molar-refractivity contribution in [3.05, 3.63) is 59.3 Å². The molecule has 148 valence electrons. The van der Waals surface area contributed by atoms with E-state index >= 15 is 0 Å². The van der Waals surface area contributed by atoms with Gasteiger partial charge in [0, 0.05) is 36.4 Å². The number of nitrogens with one attached hydrogen (secondary N) is 1. The van der Waals surface area contributed by atoms with Crippen LogP contribution in [-0.4, -0.2) is 38.8 Å². The first-order chi connectivity index (χ1) is 14.2. The molecular formula is C23H24N4O2. The van der Waals surface area contributed by atoms with Crippen molar-refractivity contribution in [2.45, 2.75) is 13.0 Å². The lowest BCUT2D eigenvalue weighted by Crippen LogP contribution is -2.46. The highest BCUT2D eigenvalue weighted by atomic mass is 16.5. The van der Waals surface area contributed by atoms with Crippen LogP contribution in [0.15, 0.2) is 42.5 Å². The molecule has 1 saturated heterocycles. The Morgan fingerprint density at radius 3 is 2.45 bits per heavy atom. The number of anilines is 1. The number of benzene rings is 2. The lowest BCUT2D eigenvalue weighted by atomic mass is 10.0. The van der Waals surface area contributed by atoms with Crippen molar-refractivity contribution >= 4 is 16.6 Å². The smallest absolute Gasteiger partial charge is 0.161 e. The average Bonchev–Trinajstić information content (AvgIpc) is 2.78. The van der Waals surface area contributed by atoms with Crippen LogP contribution in [0.25, 0.3) is 10.8 Å². The Labute approximate surface area is 170 Å². The summed E-state index contributed by atoms with van der Waals surface area (Å²) in [4.78, 5) is 7.12. The molecule has 1 aliphatic heterocycles. The van der Waals surface area contributed by atoms with Crippen LogP contribution in [-0.2, 0) is 0 Å². The second-order valence-electron chi connectivity index (χ2n) is 7.12. The van der Waals surface area contributed by atoms with Gasteiger partial charge in [0.1, 0.15) is 11.9 Å². The summed E-state index contributed by atoms with van der Waals surface area (Å²) in [5.74, 6) is 2.11. The van der Waals surface area contributed by atoms with Crippen molar-refractivity contribution in [2.24, 2.45) is 0 Å². The maximum absolute atomic E-state index is 9.71. The molecule has 3 aromatic rings. The lowest BCUT2D eigenvalue weighted by molar-refractivity contribution is 0.356. The van der Waals surface area contributed by atoms with Crippen molar-refractivity contribution in [3.63, 3.8) is 0 Å². The van der Waals surface area contributed by atoms with E-state index in [0.29, 0.717) is 17.1 Å². The van der Waals surface area contributed by atoms with Gasteiger partial charge in [0.05, 0.1) is 25.5 Å². The fourth-order valence-electron chi connectivity index (χ4n) is 3.97. The quantitative estimate of drug-likeness (QED) is 0.737. The molecule has 0 saturated carbocycles. The number of aryl methyl sites for hydroxylation is 1. The molecule has 6 heteroatoms. The fourth-order valence-corrected chi connectivity index (χ4v) is 3.97. The fraction of sp³-hybridized carbons (Fsp3) is 0.304. The molecule has 0 aliphatic carbocycles. The minimum absolute atomic E-state index is 0.220. The van der Waals surface area contributed by atoms with Gasteiger partial charge in [0.15, 0.2) is 11.5 Å². The van der Waals surface area contributed by atoms with Crippen LogP contribution in [0.1, 0.15) is 22.9 Å². The molecule has 6 nitrogen and oxygen atoms in total. The van der Waals surface area contributed by atoms with Crippen molar-refractivity contribution in [1.82, 2.24) is 10.3 Å². The van der Waals surface area contributed by atoms with Crippen LogP contribution in [0.5, 0.6) is 11.5 Å². The summed E-state index contributed by atoms with van der Waals surface area (Å²) in [6.45, 7) is 4.38. The van der Waals surface area contributed by atoms with E-state index in [1.54, 1.807) is 14.2 Å². The zero-order valence-electron chi connectivity index (χ0n) is 16.9. The summed E-state index contributed by atoms with van der Waals surface area (Å²) in [6, 6.07) is 16.8. The molecule has 0 spiro atoms. The molecule has 1 atom stereocenters. The van der Waals surface area contributed by atoms with Gasteiger partial charge >= 0.3 is 0 Å². The zero-order chi connectivity index (χ0) is 20.4. The predicted octanol–water partition coefficient (Wildman–Crippen LogP) is 3.58. The van der Waals surface area contributed by atoms with E-state index in [1.165, 1.54) is 5.56 Å². The SMILES string of the molecule is COc1cc2c(N3CCNC(c4ccccc4)C3)nc(C)c(C#N)c2cc1OC. The molecule has 1 N–H and O–H groups in total. The monoisotopic (exact) mass is 388 g/mol. The maximum Gasteiger partial charge on any atom is 0.161 e. The van der Waals surface area contributed by atoms with Crippen molar-refractivity contribution in [2.75, 3.05) is 38.8 Å². The van der Waals surface area contributed by atoms with Gasteiger partial charge in [-0.1, -0.05) is 30.3 Å². The topological polar surface area (TPSA) is 70.4 Å². The lowest BCUT2D eigenvalue weighted by Gasteiger charge is -2.35. The van der Waals surface area contributed by atoms with Gasteiger partial charge in [0.25, 0.3) is 0 Å². The summed E-state index contributed by atoms with van der Waals surface area (Å²) < 4.78 is 11.0. The van der Waals surface area contributed by atoms with Crippen molar-refractivity contribution < 1.29 is 9.47 Å². The molecular weight excluding hydrogens is 364 g/mol. The minimum Gasteiger partial charge on any atom is -0.493 e. The average molecular weight is 388 g/mol.